The number of nitrogens with zero attached hydrogens (tertiary/aromatic N) is 6. The van der Waals surface area contributed by atoms with Gasteiger partial charge >= 0.3 is 0 Å². The minimum absolute atomic E-state index is 0.305. The van der Waals surface area contributed by atoms with E-state index < -0.39 is 0 Å². The second-order valence-electron chi connectivity index (χ2n) is 6.58. The van der Waals surface area contributed by atoms with Gasteiger partial charge in [-0.15, -0.1) is 0 Å². The number of fused-ring (bicyclic) bond motifs is 1. The van der Waals surface area contributed by atoms with Gasteiger partial charge in [-0.2, -0.15) is 0 Å². The van der Waals surface area contributed by atoms with Crippen LogP contribution in [0.25, 0.3) is 33.4 Å². The molecule has 0 aliphatic carbocycles. The maximum Gasteiger partial charge on any atom is 0.250 e. The maximum absolute atomic E-state index is 5.98. The fraction of sp³-hybridized carbons (Fsp3) is 0. The first-order valence-electron chi connectivity index (χ1n) is 9.22. The van der Waals surface area contributed by atoms with Crippen LogP contribution in [-0.2, 0) is 0 Å². The van der Waals surface area contributed by atoms with Crippen LogP contribution in [0.5, 0.6) is 0 Å². The summed E-state index contributed by atoms with van der Waals surface area (Å²) in [4.78, 5) is 29.3. The predicted molar refractivity (Wildman–Crippen MR) is 116 cm³/mol. The van der Waals surface area contributed by atoms with Crippen LogP contribution in [0.3, 0.4) is 0 Å². The molecule has 8 heteroatoms. The van der Waals surface area contributed by atoms with Gasteiger partial charge in [0.2, 0.25) is 5.95 Å². The average molecular weight is 392 g/mol. The van der Waals surface area contributed by atoms with Crippen molar-refractivity contribution in [2.45, 2.75) is 0 Å². The Balaban J connectivity index is 1.65. The van der Waals surface area contributed by atoms with Crippen LogP contribution in [0.2, 0.25) is 0 Å². The van der Waals surface area contributed by atoms with Crippen LogP contribution in [-0.4, -0.2) is 36.1 Å². The Morgan fingerprint density at radius 2 is 1.77 bits per heavy atom. The predicted octanol–water partition coefficient (Wildman–Crippen LogP) is 3.81. The highest BCUT2D eigenvalue weighted by Crippen LogP contribution is 2.30. The number of para-hydroxylation sites is 1. The topological polar surface area (TPSA) is 119 Å². The van der Waals surface area contributed by atoms with Crippen LogP contribution in [0.15, 0.2) is 78.7 Å². The first-order valence-corrected chi connectivity index (χ1v) is 9.22. The highest BCUT2D eigenvalue weighted by atomic mass is 15.0. The first-order chi connectivity index (χ1) is 14.8. The Morgan fingerprint density at radius 3 is 2.63 bits per heavy atom. The zero-order valence-corrected chi connectivity index (χ0v) is 15.8. The molecule has 0 bridgehead atoms. The van der Waals surface area contributed by atoms with Crippen molar-refractivity contribution in [3.63, 3.8) is 0 Å². The molecule has 0 spiro atoms. The van der Waals surface area contributed by atoms with Gasteiger partial charge in [-0.25, -0.2) is 24.9 Å². The molecule has 4 aromatic heterocycles. The van der Waals surface area contributed by atoms with Gasteiger partial charge in [0, 0.05) is 70.5 Å². The number of benzene rings is 1. The summed E-state index contributed by atoms with van der Waals surface area (Å²) in [6.45, 7) is 0. The SMILES string of the molecule is Nc1ccncc1/C=N/c1nc(-c2cncnc2)cc(-c2c[nH]c3ccccc23)n1. The van der Waals surface area contributed by atoms with Crippen molar-refractivity contribution >= 4 is 28.8 Å². The van der Waals surface area contributed by atoms with Gasteiger partial charge < -0.3 is 10.7 Å². The van der Waals surface area contributed by atoms with Gasteiger partial charge in [-0.3, -0.25) is 4.98 Å². The Kier molecular flexibility index (Phi) is 4.41. The van der Waals surface area contributed by atoms with E-state index in [2.05, 4.69) is 34.9 Å². The van der Waals surface area contributed by atoms with Crippen molar-refractivity contribution in [2.24, 2.45) is 4.99 Å². The van der Waals surface area contributed by atoms with Crippen molar-refractivity contribution in [3.8, 4) is 22.5 Å². The number of nitrogens with one attached hydrogen (secondary N) is 1. The van der Waals surface area contributed by atoms with Crippen molar-refractivity contribution in [1.82, 2.24) is 29.9 Å². The summed E-state index contributed by atoms with van der Waals surface area (Å²) in [5.74, 6) is 0.305. The lowest BCUT2D eigenvalue weighted by atomic mass is 10.1. The molecule has 144 valence electrons. The summed E-state index contributed by atoms with van der Waals surface area (Å²) >= 11 is 0. The molecule has 4 heterocycles. The standard InChI is InChI=1S/C22H16N8/c23-18-5-6-24-8-14(18)11-28-22-29-20(15-9-25-13-26-10-15)7-21(30-22)17-12-27-19-4-2-1-3-16(17)19/h1-13,27H,(H2,23,24)/b28-11+. The zero-order chi connectivity index (χ0) is 20.3. The number of aromatic nitrogens is 6. The molecule has 8 nitrogen and oxygen atoms in total. The van der Waals surface area contributed by atoms with E-state index in [0.29, 0.717) is 22.9 Å². The number of nitrogens with two attached hydrogens (primary N) is 1. The molecule has 0 radical (unpaired) electrons. The monoisotopic (exact) mass is 392 g/mol. The molecule has 0 aliphatic heterocycles. The number of H-pyrrole nitrogens is 1. The summed E-state index contributed by atoms with van der Waals surface area (Å²) < 4.78 is 0. The van der Waals surface area contributed by atoms with E-state index in [0.717, 1.165) is 27.7 Å². The molecule has 1 aromatic carbocycles. The minimum atomic E-state index is 0.305. The fourth-order valence-corrected chi connectivity index (χ4v) is 3.15. The number of nitrogen functional groups attached to an aromatic ring is 1. The van der Waals surface area contributed by atoms with Crippen LogP contribution in [0.1, 0.15) is 5.56 Å². The smallest absolute Gasteiger partial charge is 0.250 e. The highest BCUT2D eigenvalue weighted by Gasteiger charge is 2.12. The fourth-order valence-electron chi connectivity index (χ4n) is 3.15. The molecular weight excluding hydrogens is 376 g/mol. The second-order valence-corrected chi connectivity index (χ2v) is 6.58. The molecular formula is C22H16N8. The largest absolute Gasteiger partial charge is 0.398 e. The molecule has 5 aromatic rings. The molecule has 3 N–H and O–H groups in total. The van der Waals surface area contributed by atoms with Gasteiger partial charge in [0.1, 0.15) is 6.33 Å². The Hall–Kier alpha value is -4.46. The van der Waals surface area contributed by atoms with Crippen LogP contribution >= 0.6 is 0 Å². The van der Waals surface area contributed by atoms with Gasteiger partial charge in [0.05, 0.1) is 11.4 Å². The number of hydrogen-bond acceptors (Lipinski definition) is 7. The number of hydrogen-bond donors (Lipinski definition) is 2. The molecule has 0 saturated heterocycles. The third kappa shape index (κ3) is 3.37. The summed E-state index contributed by atoms with van der Waals surface area (Å²) in [6.07, 6.45) is 11.7. The maximum atomic E-state index is 5.98. The lowest BCUT2D eigenvalue weighted by Gasteiger charge is -2.06. The summed E-state index contributed by atoms with van der Waals surface area (Å²) in [7, 11) is 0. The quantitative estimate of drug-likeness (QED) is 0.449. The molecule has 5 rings (SSSR count). The van der Waals surface area contributed by atoms with E-state index >= 15 is 0 Å². The van der Waals surface area contributed by atoms with E-state index in [1.165, 1.54) is 6.33 Å². The summed E-state index contributed by atoms with van der Waals surface area (Å²) in [5.41, 5.74) is 11.5. The Bertz CT molecular complexity index is 1360. The van der Waals surface area contributed by atoms with E-state index in [1.54, 1.807) is 37.1 Å². The van der Waals surface area contributed by atoms with Gasteiger partial charge in [0.15, 0.2) is 0 Å². The number of anilines is 1. The molecule has 0 amide bonds. The first kappa shape index (κ1) is 17.6. The lowest BCUT2D eigenvalue weighted by molar-refractivity contribution is 1.12. The molecule has 0 aliphatic rings. The number of aliphatic imine (C=N–C) groups is 1. The third-order valence-corrected chi connectivity index (χ3v) is 4.64. The zero-order valence-electron chi connectivity index (χ0n) is 15.8. The molecule has 30 heavy (non-hydrogen) atoms. The lowest BCUT2D eigenvalue weighted by Crippen LogP contribution is -1.95. The molecule has 0 saturated carbocycles. The second kappa shape index (κ2) is 7.51. The Morgan fingerprint density at radius 1 is 0.933 bits per heavy atom. The van der Waals surface area contributed by atoms with E-state index in [1.807, 2.05) is 36.5 Å². The molecule has 0 fully saturated rings. The third-order valence-electron chi connectivity index (χ3n) is 4.64. The van der Waals surface area contributed by atoms with Crippen molar-refractivity contribution in [1.29, 1.82) is 0 Å². The van der Waals surface area contributed by atoms with Crippen molar-refractivity contribution in [2.75, 3.05) is 5.73 Å². The normalized spacial score (nSPS) is 11.3. The minimum Gasteiger partial charge on any atom is -0.398 e. The summed E-state index contributed by atoms with van der Waals surface area (Å²) in [5, 5.41) is 1.07. The summed E-state index contributed by atoms with van der Waals surface area (Å²) in [6, 6.07) is 11.7. The van der Waals surface area contributed by atoms with Crippen LogP contribution in [0.4, 0.5) is 11.6 Å². The van der Waals surface area contributed by atoms with Gasteiger partial charge in [-0.1, -0.05) is 18.2 Å². The van der Waals surface area contributed by atoms with Crippen molar-refractivity contribution < 1.29 is 0 Å². The number of aromatic amines is 1. The molecule has 0 unspecified atom stereocenters. The Labute approximate surface area is 171 Å². The number of pyridine rings is 1. The van der Waals surface area contributed by atoms with Crippen molar-refractivity contribution in [3.05, 3.63) is 79.3 Å². The van der Waals surface area contributed by atoms with Gasteiger partial charge in [0.25, 0.3) is 0 Å². The molecule has 0 atom stereocenters. The van der Waals surface area contributed by atoms with E-state index in [9.17, 15) is 0 Å². The van der Waals surface area contributed by atoms with Gasteiger partial charge in [-0.05, 0) is 18.2 Å². The van der Waals surface area contributed by atoms with E-state index in [4.69, 9.17) is 5.73 Å². The average Bonchev–Trinajstić information content (AvgIpc) is 3.23. The van der Waals surface area contributed by atoms with Crippen LogP contribution < -0.4 is 5.73 Å². The van der Waals surface area contributed by atoms with E-state index in [-0.39, 0.29) is 0 Å². The number of rotatable bonds is 4. The van der Waals surface area contributed by atoms with Crippen LogP contribution in [0, 0.1) is 0 Å². The highest BCUT2D eigenvalue weighted by molar-refractivity contribution is 5.95.